The van der Waals surface area contributed by atoms with Gasteiger partial charge in [0.15, 0.2) is 0 Å². The van der Waals surface area contributed by atoms with E-state index in [0.29, 0.717) is 15.9 Å². The molecule has 0 unspecified atom stereocenters. The molecule has 0 saturated heterocycles. The Bertz CT molecular complexity index is 1010. The number of hydrogen-bond acceptors (Lipinski definition) is 4. The Morgan fingerprint density at radius 2 is 1.81 bits per heavy atom. The molecule has 0 radical (unpaired) electrons. The number of sulfonamides is 1. The standard InChI is InChI=1S/C19H17BrN2O4S/c20-15-6-4-7-16(12-15)22(27(24,25)18-9-2-1-3-10-18)14-19(23)21-13-17-8-5-11-26-17/h1-12H,13-14H2,(H,21,23). The Balaban J connectivity index is 1.87. The van der Waals surface area contributed by atoms with Gasteiger partial charge in [-0.15, -0.1) is 0 Å². The van der Waals surface area contributed by atoms with Crippen LogP contribution in [0.4, 0.5) is 5.69 Å². The molecule has 1 heterocycles. The summed E-state index contributed by atoms with van der Waals surface area (Å²) in [6.45, 7) is -0.169. The molecule has 0 atom stereocenters. The molecule has 3 aromatic rings. The van der Waals surface area contributed by atoms with Gasteiger partial charge >= 0.3 is 0 Å². The minimum absolute atomic E-state index is 0.115. The molecule has 27 heavy (non-hydrogen) atoms. The maximum absolute atomic E-state index is 13.1. The van der Waals surface area contributed by atoms with Gasteiger partial charge in [0.05, 0.1) is 23.4 Å². The van der Waals surface area contributed by atoms with Crippen molar-refractivity contribution in [2.45, 2.75) is 11.4 Å². The van der Waals surface area contributed by atoms with E-state index in [-0.39, 0.29) is 18.0 Å². The van der Waals surface area contributed by atoms with Crippen LogP contribution >= 0.6 is 15.9 Å². The molecule has 1 aromatic heterocycles. The molecule has 2 aromatic carbocycles. The molecule has 1 N–H and O–H groups in total. The highest BCUT2D eigenvalue weighted by atomic mass is 79.9. The molecule has 3 rings (SSSR count). The molecule has 0 bridgehead atoms. The van der Waals surface area contributed by atoms with Gasteiger partial charge in [-0.05, 0) is 42.5 Å². The van der Waals surface area contributed by atoms with Crippen molar-refractivity contribution in [3.63, 3.8) is 0 Å². The number of nitrogens with one attached hydrogen (secondary N) is 1. The Morgan fingerprint density at radius 1 is 1.04 bits per heavy atom. The first kappa shape index (κ1) is 19.2. The lowest BCUT2D eigenvalue weighted by atomic mass is 10.3. The molecule has 0 aliphatic carbocycles. The van der Waals surface area contributed by atoms with Gasteiger partial charge < -0.3 is 9.73 Å². The second kappa shape index (κ2) is 8.41. The average molecular weight is 449 g/mol. The van der Waals surface area contributed by atoms with Crippen molar-refractivity contribution in [1.29, 1.82) is 0 Å². The molecule has 0 saturated carbocycles. The molecule has 0 aliphatic heterocycles. The van der Waals surface area contributed by atoms with Crippen LogP contribution < -0.4 is 9.62 Å². The fourth-order valence-corrected chi connectivity index (χ4v) is 4.27. The van der Waals surface area contributed by atoms with E-state index in [1.54, 1.807) is 54.6 Å². The molecular formula is C19H17BrN2O4S. The SMILES string of the molecule is O=C(CN(c1cccc(Br)c1)S(=O)(=O)c1ccccc1)NCc1ccco1. The van der Waals surface area contributed by atoms with Crippen molar-refractivity contribution in [3.8, 4) is 0 Å². The van der Waals surface area contributed by atoms with E-state index in [0.717, 1.165) is 4.31 Å². The molecule has 0 spiro atoms. The van der Waals surface area contributed by atoms with E-state index in [2.05, 4.69) is 21.2 Å². The number of furan rings is 1. The minimum atomic E-state index is -3.91. The summed E-state index contributed by atoms with van der Waals surface area (Å²) in [5, 5.41) is 2.67. The van der Waals surface area contributed by atoms with Crippen LogP contribution in [0, 0.1) is 0 Å². The largest absolute Gasteiger partial charge is 0.467 e. The van der Waals surface area contributed by atoms with Gasteiger partial charge in [-0.2, -0.15) is 0 Å². The van der Waals surface area contributed by atoms with Crippen LogP contribution in [0.25, 0.3) is 0 Å². The summed E-state index contributed by atoms with van der Waals surface area (Å²) < 4.78 is 33.2. The number of halogens is 1. The lowest BCUT2D eigenvalue weighted by Gasteiger charge is -2.24. The number of anilines is 1. The average Bonchev–Trinajstić information content (AvgIpc) is 3.18. The van der Waals surface area contributed by atoms with Gasteiger partial charge in [0, 0.05) is 4.47 Å². The van der Waals surface area contributed by atoms with Gasteiger partial charge in [0.25, 0.3) is 10.0 Å². The first-order valence-electron chi connectivity index (χ1n) is 8.09. The molecule has 140 valence electrons. The van der Waals surface area contributed by atoms with Gasteiger partial charge in [0.1, 0.15) is 12.3 Å². The number of hydrogen-bond donors (Lipinski definition) is 1. The van der Waals surface area contributed by atoms with Crippen molar-refractivity contribution in [2.75, 3.05) is 10.8 Å². The maximum atomic E-state index is 13.1. The van der Waals surface area contributed by atoms with Gasteiger partial charge in [-0.1, -0.05) is 40.2 Å². The number of carbonyl (C=O) groups is 1. The highest BCUT2D eigenvalue weighted by molar-refractivity contribution is 9.10. The Kier molecular flexibility index (Phi) is 5.98. The highest BCUT2D eigenvalue weighted by Crippen LogP contribution is 2.26. The minimum Gasteiger partial charge on any atom is -0.467 e. The lowest BCUT2D eigenvalue weighted by molar-refractivity contribution is -0.119. The second-order valence-corrected chi connectivity index (χ2v) is 8.44. The van der Waals surface area contributed by atoms with Crippen LogP contribution in [0.2, 0.25) is 0 Å². The molecule has 1 amide bonds. The summed E-state index contributed by atoms with van der Waals surface area (Å²) in [6.07, 6.45) is 1.51. The summed E-state index contributed by atoms with van der Waals surface area (Å²) in [5.74, 6) is 0.147. The van der Waals surface area contributed by atoms with Crippen molar-refractivity contribution >= 4 is 37.5 Å². The first-order valence-corrected chi connectivity index (χ1v) is 10.3. The predicted octanol–water partition coefficient (Wildman–Crippen LogP) is 3.55. The maximum Gasteiger partial charge on any atom is 0.264 e. The van der Waals surface area contributed by atoms with Crippen molar-refractivity contribution in [1.82, 2.24) is 5.32 Å². The predicted molar refractivity (Wildman–Crippen MR) is 106 cm³/mol. The van der Waals surface area contributed by atoms with E-state index >= 15 is 0 Å². The molecule has 0 fully saturated rings. The van der Waals surface area contributed by atoms with Crippen LogP contribution in [0.3, 0.4) is 0 Å². The molecule has 8 heteroatoms. The fourth-order valence-electron chi connectivity index (χ4n) is 2.45. The van der Waals surface area contributed by atoms with Crippen molar-refractivity contribution in [2.24, 2.45) is 0 Å². The van der Waals surface area contributed by atoms with Gasteiger partial charge in [0.2, 0.25) is 5.91 Å². The second-order valence-electron chi connectivity index (χ2n) is 5.66. The molecule has 0 aliphatic rings. The number of amides is 1. The third kappa shape index (κ3) is 4.78. The highest BCUT2D eigenvalue weighted by Gasteiger charge is 2.27. The summed E-state index contributed by atoms with van der Waals surface area (Å²) in [5.41, 5.74) is 0.390. The van der Waals surface area contributed by atoms with E-state index in [1.165, 1.54) is 18.4 Å². The molecule has 6 nitrogen and oxygen atoms in total. The fraction of sp³-hybridized carbons (Fsp3) is 0.105. The number of carbonyl (C=O) groups excluding carboxylic acids is 1. The lowest BCUT2D eigenvalue weighted by Crippen LogP contribution is -2.40. The van der Waals surface area contributed by atoms with Gasteiger partial charge in [-0.3, -0.25) is 9.10 Å². The van der Waals surface area contributed by atoms with Crippen molar-refractivity contribution in [3.05, 3.63) is 83.2 Å². The first-order chi connectivity index (χ1) is 13.0. The van der Waals surface area contributed by atoms with E-state index in [4.69, 9.17) is 4.42 Å². The monoisotopic (exact) mass is 448 g/mol. The van der Waals surface area contributed by atoms with Gasteiger partial charge in [-0.25, -0.2) is 8.42 Å². The number of nitrogens with zero attached hydrogens (tertiary/aromatic N) is 1. The quantitative estimate of drug-likeness (QED) is 0.599. The van der Waals surface area contributed by atoms with Crippen LogP contribution in [0.5, 0.6) is 0 Å². The Labute approximate surface area is 166 Å². The normalized spacial score (nSPS) is 11.1. The number of rotatable bonds is 7. The van der Waals surface area contributed by atoms with Crippen molar-refractivity contribution < 1.29 is 17.6 Å². The van der Waals surface area contributed by atoms with E-state index < -0.39 is 15.9 Å². The third-order valence-electron chi connectivity index (χ3n) is 3.75. The topological polar surface area (TPSA) is 79.6 Å². The summed E-state index contributed by atoms with van der Waals surface area (Å²) in [7, 11) is -3.91. The van der Waals surface area contributed by atoms with Crippen LogP contribution in [-0.4, -0.2) is 20.9 Å². The van der Waals surface area contributed by atoms with Crippen LogP contribution in [-0.2, 0) is 21.4 Å². The van der Waals surface area contributed by atoms with Crippen LogP contribution in [0.1, 0.15) is 5.76 Å². The summed E-state index contributed by atoms with van der Waals surface area (Å²) in [6, 6.07) is 18.3. The zero-order chi connectivity index (χ0) is 19.3. The summed E-state index contributed by atoms with van der Waals surface area (Å²) in [4.78, 5) is 12.5. The summed E-state index contributed by atoms with van der Waals surface area (Å²) >= 11 is 3.34. The van der Waals surface area contributed by atoms with Crippen LogP contribution in [0.15, 0.2) is 86.8 Å². The Morgan fingerprint density at radius 3 is 2.48 bits per heavy atom. The van der Waals surface area contributed by atoms with E-state index in [9.17, 15) is 13.2 Å². The Hall–Kier alpha value is -2.58. The van der Waals surface area contributed by atoms with E-state index in [1.807, 2.05) is 0 Å². The third-order valence-corrected chi connectivity index (χ3v) is 6.04. The molecular weight excluding hydrogens is 432 g/mol. The number of benzene rings is 2. The smallest absolute Gasteiger partial charge is 0.264 e. The zero-order valence-corrected chi connectivity index (χ0v) is 16.6. The zero-order valence-electron chi connectivity index (χ0n) is 14.2.